The summed E-state index contributed by atoms with van der Waals surface area (Å²) in [5.41, 5.74) is 1.32. The van der Waals surface area contributed by atoms with Crippen LogP contribution in [0.3, 0.4) is 0 Å². The highest BCUT2D eigenvalue weighted by Gasteiger charge is 2.31. The maximum atomic E-state index is 6.11. The van der Waals surface area contributed by atoms with Gasteiger partial charge in [-0.15, -0.1) is 0 Å². The zero-order valence-electron chi connectivity index (χ0n) is 11.8. The molecule has 1 N–H and O–H groups in total. The van der Waals surface area contributed by atoms with Crippen molar-refractivity contribution in [3.8, 4) is 5.75 Å². The van der Waals surface area contributed by atoms with Crippen molar-refractivity contribution in [2.45, 2.75) is 25.9 Å². The Morgan fingerprint density at radius 2 is 2.16 bits per heavy atom. The van der Waals surface area contributed by atoms with E-state index in [1.165, 1.54) is 31.6 Å². The Morgan fingerprint density at radius 3 is 2.89 bits per heavy atom. The predicted molar refractivity (Wildman–Crippen MR) is 77.7 cm³/mol. The minimum absolute atomic E-state index is 0.391. The van der Waals surface area contributed by atoms with E-state index < -0.39 is 0 Å². The van der Waals surface area contributed by atoms with Crippen LogP contribution in [0.25, 0.3) is 0 Å². The number of nitrogens with zero attached hydrogens (tertiary/aromatic N) is 1. The molecule has 19 heavy (non-hydrogen) atoms. The molecule has 1 unspecified atom stereocenters. The van der Waals surface area contributed by atoms with Crippen LogP contribution in [0, 0.1) is 5.92 Å². The SMILES string of the molecule is CCc1ccccc1OC1CN(CC2CCNC2)C1. The van der Waals surface area contributed by atoms with Crippen LogP contribution >= 0.6 is 0 Å². The molecule has 3 nitrogen and oxygen atoms in total. The molecule has 2 heterocycles. The fraction of sp³-hybridized carbons (Fsp3) is 0.625. The zero-order valence-corrected chi connectivity index (χ0v) is 11.8. The number of hydrogen-bond donors (Lipinski definition) is 1. The average molecular weight is 260 g/mol. The second-order valence-electron chi connectivity index (χ2n) is 5.78. The summed E-state index contributed by atoms with van der Waals surface area (Å²) >= 11 is 0. The Hall–Kier alpha value is -1.06. The number of nitrogens with one attached hydrogen (secondary N) is 1. The van der Waals surface area contributed by atoms with Gasteiger partial charge in [-0.3, -0.25) is 4.90 Å². The van der Waals surface area contributed by atoms with Gasteiger partial charge in [0.15, 0.2) is 0 Å². The molecule has 104 valence electrons. The summed E-state index contributed by atoms with van der Waals surface area (Å²) < 4.78 is 6.11. The van der Waals surface area contributed by atoms with Crippen molar-refractivity contribution in [1.82, 2.24) is 10.2 Å². The number of likely N-dealkylation sites (tertiary alicyclic amines) is 1. The fourth-order valence-corrected chi connectivity index (χ4v) is 3.07. The monoisotopic (exact) mass is 260 g/mol. The number of benzene rings is 1. The van der Waals surface area contributed by atoms with E-state index >= 15 is 0 Å². The Kier molecular flexibility index (Phi) is 4.04. The van der Waals surface area contributed by atoms with E-state index in [2.05, 4.69) is 41.4 Å². The van der Waals surface area contributed by atoms with Gasteiger partial charge in [-0.05, 0) is 43.5 Å². The smallest absolute Gasteiger partial charge is 0.124 e. The van der Waals surface area contributed by atoms with Crippen LogP contribution in [0.1, 0.15) is 18.9 Å². The van der Waals surface area contributed by atoms with Crippen LogP contribution < -0.4 is 10.1 Å². The molecule has 0 spiro atoms. The van der Waals surface area contributed by atoms with Crippen LogP contribution in [0.5, 0.6) is 5.75 Å². The van der Waals surface area contributed by atoms with Crippen LogP contribution in [0.15, 0.2) is 24.3 Å². The van der Waals surface area contributed by atoms with Gasteiger partial charge in [0.25, 0.3) is 0 Å². The largest absolute Gasteiger partial charge is 0.487 e. The Balaban J connectivity index is 1.45. The maximum absolute atomic E-state index is 6.11. The first-order chi connectivity index (χ1) is 9.35. The normalized spacial score (nSPS) is 24.4. The zero-order chi connectivity index (χ0) is 13.1. The average Bonchev–Trinajstić information content (AvgIpc) is 2.89. The molecule has 1 aromatic carbocycles. The first kappa shape index (κ1) is 12.9. The minimum Gasteiger partial charge on any atom is -0.487 e. The van der Waals surface area contributed by atoms with E-state index in [0.29, 0.717) is 6.10 Å². The molecule has 1 atom stereocenters. The summed E-state index contributed by atoms with van der Waals surface area (Å²) in [6.45, 7) is 8.00. The van der Waals surface area contributed by atoms with Crippen molar-refractivity contribution < 1.29 is 4.74 Å². The highest BCUT2D eigenvalue weighted by molar-refractivity contribution is 5.33. The number of aryl methyl sites for hydroxylation is 1. The molecule has 0 saturated carbocycles. The molecule has 2 fully saturated rings. The van der Waals surface area contributed by atoms with Gasteiger partial charge in [0, 0.05) is 19.6 Å². The first-order valence-electron chi connectivity index (χ1n) is 7.52. The summed E-state index contributed by atoms with van der Waals surface area (Å²) in [5.74, 6) is 1.93. The topological polar surface area (TPSA) is 24.5 Å². The Bertz CT molecular complexity index is 409. The van der Waals surface area contributed by atoms with Crippen molar-refractivity contribution in [1.29, 1.82) is 0 Å². The van der Waals surface area contributed by atoms with Crippen LogP contribution in [-0.4, -0.2) is 43.7 Å². The molecule has 1 aromatic rings. The lowest BCUT2D eigenvalue weighted by atomic mass is 10.0. The van der Waals surface area contributed by atoms with Crippen molar-refractivity contribution >= 4 is 0 Å². The molecule has 2 saturated heterocycles. The van der Waals surface area contributed by atoms with Gasteiger partial charge in [-0.1, -0.05) is 25.1 Å². The summed E-state index contributed by atoms with van der Waals surface area (Å²) in [6.07, 6.45) is 2.77. The van der Waals surface area contributed by atoms with E-state index in [-0.39, 0.29) is 0 Å². The highest BCUT2D eigenvalue weighted by atomic mass is 16.5. The van der Waals surface area contributed by atoms with E-state index in [1.807, 2.05) is 0 Å². The van der Waals surface area contributed by atoms with Crippen LogP contribution in [0.4, 0.5) is 0 Å². The molecule has 0 aromatic heterocycles. The molecular weight excluding hydrogens is 236 g/mol. The first-order valence-corrected chi connectivity index (χ1v) is 7.52. The van der Waals surface area contributed by atoms with E-state index in [1.54, 1.807) is 0 Å². The van der Waals surface area contributed by atoms with Gasteiger partial charge in [0.05, 0.1) is 0 Å². The van der Waals surface area contributed by atoms with Gasteiger partial charge < -0.3 is 10.1 Å². The summed E-state index contributed by atoms with van der Waals surface area (Å²) in [5, 5.41) is 3.43. The second kappa shape index (κ2) is 5.93. The van der Waals surface area contributed by atoms with Gasteiger partial charge in [-0.25, -0.2) is 0 Å². The molecule has 3 heteroatoms. The van der Waals surface area contributed by atoms with Crippen LogP contribution in [0.2, 0.25) is 0 Å². The third-order valence-corrected chi connectivity index (χ3v) is 4.25. The quantitative estimate of drug-likeness (QED) is 0.875. The second-order valence-corrected chi connectivity index (χ2v) is 5.78. The Labute approximate surface area is 115 Å². The lowest BCUT2D eigenvalue weighted by Gasteiger charge is -2.40. The summed E-state index contributed by atoms with van der Waals surface area (Å²) in [6, 6.07) is 8.42. The molecular formula is C16H24N2O. The van der Waals surface area contributed by atoms with E-state index in [0.717, 1.165) is 31.2 Å². The lowest BCUT2D eigenvalue weighted by Crippen LogP contribution is -2.55. The highest BCUT2D eigenvalue weighted by Crippen LogP contribution is 2.24. The third kappa shape index (κ3) is 3.10. The van der Waals surface area contributed by atoms with Gasteiger partial charge >= 0.3 is 0 Å². The molecule has 2 aliphatic rings. The van der Waals surface area contributed by atoms with Gasteiger partial charge in [0.1, 0.15) is 11.9 Å². The fourth-order valence-electron chi connectivity index (χ4n) is 3.07. The molecule has 0 bridgehead atoms. The lowest BCUT2D eigenvalue weighted by molar-refractivity contribution is 0.0113. The van der Waals surface area contributed by atoms with Gasteiger partial charge in [-0.2, -0.15) is 0 Å². The number of ether oxygens (including phenoxy) is 1. The van der Waals surface area contributed by atoms with E-state index in [9.17, 15) is 0 Å². The molecule has 3 rings (SSSR count). The van der Waals surface area contributed by atoms with Crippen molar-refractivity contribution in [2.24, 2.45) is 5.92 Å². The summed E-state index contributed by atoms with van der Waals surface area (Å²) in [7, 11) is 0. The van der Waals surface area contributed by atoms with Crippen molar-refractivity contribution in [3.05, 3.63) is 29.8 Å². The third-order valence-electron chi connectivity index (χ3n) is 4.25. The van der Waals surface area contributed by atoms with Gasteiger partial charge in [0.2, 0.25) is 0 Å². The molecule has 0 aliphatic carbocycles. The van der Waals surface area contributed by atoms with Crippen LogP contribution in [-0.2, 0) is 6.42 Å². The number of para-hydroxylation sites is 1. The van der Waals surface area contributed by atoms with Crippen molar-refractivity contribution in [2.75, 3.05) is 32.7 Å². The minimum atomic E-state index is 0.391. The number of hydrogen-bond acceptors (Lipinski definition) is 3. The van der Waals surface area contributed by atoms with Crippen molar-refractivity contribution in [3.63, 3.8) is 0 Å². The molecule has 0 radical (unpaired) electrons. The molecule has 0 amide bonds. The molecule has 2 aliphatic heterocycles. The Morgan fingerprint density at radius 1 is 1.32 bits per heavy atom. The maximum Gasteiger partial charge on any atom is 0.124 e. The standard InChI is InChI=1S/C16H24N2O/c1-2-14-5-3-4-6-16(14)19-15-11-18(12-15)10-13-7-8-17-9-13/h3-6,13,15,17H,2,7-12H2,1H3. The van der Waals surface area contributed by atoms with E-state index in [4.69, 9.17) is 4.74 Å². The number of rotatable bonds is 5. The predicted octanol–water partition coefficient (Wildman–Crippen LogP) is 1.92. The summed E-state index contributed by atoms with van der Waals surface area (Å²) in [4.78, 5) is 2.52.